The van der Waals surface area contributed by atoms with Crippen LogP contribution in [0.1, 0.15) is 45.1 Å². The first-order chi connectivity index (χ1) is 8.58. The number of halogens is 1. The number of amides is 1. The highest BCUT2D eigenvalue weighted by Crippen LogP contribution is 2.23. The molecular weight excluding hydrogens is 290 g/mol. The van der Waals surface area contributed by atoms with Gasteiger partial charge in [-0.1, -0.05) is 48.7 Å². The zero-order valence-corrected chi connectivity index (χ0v) is 13.0. The normalized spacial score (nSPS) is 10.7. The molecule has 0 aliphatic rings. The molecule has 0 fully saturated rings. The summed E-state index contributed by atoms with van der Waals surface area (Å²) in [5, 5.41) is 3.05. The predicted molar refractivity (Wildman–Crippen MR) is 80.8 cm³/mol. The lowest BCUT2D eigenvalue weighted by atomic mass is 9.97. The average Bonchev–Trinajstić information content (AvgIpc) is 2.33. The Balaban J connectivity index is 2.75. The van der Waals surface area contributed by atoms with Crippen molar-refractivity contribution in [2.75, 3.05) is 5.32 Å². The van der Waals surface area contributed by atoms with E-state index in [1.807, 2.05) is 25.1 Å². The second kappa shape index (κ2) is 7.57. The summed E-state index contributed by atoms with van der Waals surface area (Å²) in [7, 11) is 0. The van der Waals surface area contributed by atoms with Gasteiger partial charge in [-0.25, -0.2) is 0 Å². The first kappa shape index (κ1) is 15.2. The van der Waals surface area contributed by atoms with Gasteiger partial charge < -0.3 is 5.32 Å². The molecule has 100 valence electrons. The van der Waals surface area contributed by atoms with Crippen molar-refractivity contribution in [3.8, 4) is 0 Å². The van der Waals surface area contributed by atoms with E-state index in [4.69, 9.17) is 0 Å². The molecule has 0 spiro atoms. The van der Waals surface area contributed by atoms with E-state index in [0.717, 1.165) is 41.4 Å². The first-order valence-corrected chi connectivity index (χ1v) is 7.44. The second-order valence-corrected chi connectivity index (χ2v) is 5.64. The van der Waals surface area contributed by atoms with Crippen LogP contribution in [0.3, 0.4) is 0 Å². The first-order valence-electron chi connectivity index (χ1n) is 6.65. The third kappa shape index (κ3) is 4.45. The fraction of sp³-hybridized carbons (Fsp3) is 0.533. The van der Waals surface area contributed by atoms with E-state index in [0.29, 0.717) is 0 Å². The molecule has 0 radical (unpaired) electrons. The molecule has 2 nitrogen and oxygen atoms in total. The van der Waals surface area contributed by atoms with Gasteiger partial charge in [0.15, 0.2) is 0 Å². The van der Waals surface area contributed by atoms with E-state index in [2.05, 4.69) is 35.1 Å². The Morgan fingerprint density at radius 3 is 2.44 bits per heavy atom. The summed E-state index contributed by atoms with van der Waals surface area (Å²) >= 11 is 3.43. The Kier molecular flexibility index (Phi) is 6.41. The van der Waals surface area contributed by atoms with Crippen molar-refractivity contribution < 1.29 is 4.79 Å². The number of carbonyl (C=O) groups is 1. The molecule has 0 aromatic heterocycles. The fourth-order valence-corrected chi connectivity index (χ4v) is 2.43. The van der Waals surface area contributed by atoms with Crippen molar-refractivity contribution in [1.29, 1.82) is 0 Å². The van der Waals surface area contributed by atoms with Crippen molar-refractivity contribution in [2.45, 2.75) is 46.5 Å². The van der Waals surface area contributed by atoms with Gasteiger partial charge in [-0.05, 0) is 37.5 Å². The predicted octanol–water partition coefficient (Wildman–Crippen LogP) is 4.91. The zero-order chi connectivity index (χ0) is 13.5. The molecular formula is C15H22BrNO. The molecule has 0 aliphatic heterocycles. The van der Waals surface area contributed by atoms with Gasteiger partial charge in [0.2, 0.25) is 5.91 Å². The number of carbonyl (C=O) groups excluding carboxylic acids is 1. The van der Waals surface area contributed by atoms with Gasteiger partial charge in [0.1, 0.15) is 0 Å². The molecule has 18 heavy (non-hydrogen) atoms. The van der Waals surface area contributed by atoms with Crippen LogP contribution >= 0.6 is 15.9 Å². The largest absolute Gasteiger partial charge is 0.326 e. The van der Waals surface area contributed by atoms with Crippen LogP contribution in [0.5, 0.6) is 0 Å². The molecule has 0 saturated heterocycles. The number of hydrogen-bond acceptors (Lipinski definition) is 1. The molecule has 1 aromatic rings. The summed E-state index contributed by atoms with van der Waals surface area (Å²) in [6.07, 6.45) is 4.03. The highest BCUT2D eigenvalue weighted by Gasteiger charge is 2.17. The Labute approximate surface area is 118 Å². The maximum Gasteiger partial charge on any atom is 0.227 e. The minimum atomic E-state index is 0.137. The monoisotopic (exact) mass is 311 g/mol. The summed E-state index contributed by atoms with van der Waals surface area (Å²) in [5.74, 6) is 0.290. The maximum atomic E-state index is 12.2. The summed E-state index contributed by atoms with van der Waals surface area (Å²) in [5.41, 5.74) is 2.00. The van der Waals surface area contributed by atoms with E-state index < -0.39 is 0 Å². The topological polar surface area (TPSA) is 29.1 Å². The van der Waals surface area contributed by atoms with Gasteiger partial charge in [0.25, 0.3) is 0 Å². The molecule has 1 aromatic carbocycles. The van der Waals surface area contributed by atoms with Gasteiger partial charge >= 0.3 is 0 Å². The van der Waals surface area contributed by atoms with E-state index in [9.17, 15) is 4.79 Å². The quantitative estimate of drug-likeness (QED) is 0.794. The smallest absolute Gasteiger partial charge is 0.227 e. The summed E-state index contributed by atoms with van der Waals surface area (Å²) in [4.78, 5) is 12.2. The fourth-order valence-electron chi connectivity index (χ4n) is 2.07. The van der Waals surface area contributed by atoms with Crippen molar-refractivity contribution >= 4 is 27.5 Å². The Bertz CT molecular complexity index is 397. The second-order valence-electron chi connectivity index (χ2n) is 4.72. The lowest BCUT2D eigenvalue weighted by molar-refractivity contribution is -0.120. The number of aryl methyl sites for hydroxylation is 1. The highest BCUT2D eigenvalue weighted by molar-refractivity contribution is 9.10. The third-order valence-corrected chi connectivity index (χ3v) is 3.60. The van der Waals surface area contributed by atoms with Gasteiger partial charge in [-0.3, -0.25) is 4.79 Å². The number of benzene rings is 1. The minimum Gasteiger partial charge on any atom is -0.326 e. The molecule has 0 saturated carbocycles. The van der Waals surface area contributed by atoms with Crippen molar-refractivity contribution in [2.24, 2.45) is 5.92 Å². The van der Waals surface area contributed by atoms with Crippen LogP contribution in [-0.4, -0.2) is 5.91 Å². The van der Waals surface area contributed by atoms with Gasteiger partial charge in [0.05, 0.1) is 0 Å². The van der Waals surface area contributed by atoms with Gasteiger partial charge in [0, 0.05) is 16.1 Å². The molecule has 1 rings (SSSR count). The Hall–Kier alpha value is -0.830. The molecule has 3 heteroatoms. The van der Waals surface area contributed by atoms with E-state index >= 15 is 0 Å². The molecule has 1 N–H and O–H groups in total. The lowest BCUT2D eigenvalue weighted by Crippen LogP contribution is -2.23. The van der Waals surface area contributed by atoms with Crippen LogP contribution in [0.2, 0.25) is 0 Å². The summed E-state index contributed by atoms with van der Waals surface area (Å²) in [6.45, 7) is 6.26. The third-order valence-electron chi connectivity index (χ3n) is 3.10. The van der Waals surface area contributed by atoms with E-state index in [1.54, 1.807) is 0 Å². The molecule has 0 heterocycles. The Morgan fingerprint density at radius 2 is 1.89 bits per heavy atom. The number of nitrogens with one attached hydrogen (secondary N) is 1. The van der Waals surface area contributed by atoms with Gasteiger partial charge in [-0.15, -0.1) is 0 Å². The number of anilines is 1. The van der Waals surface area contributed by atoms with E-state index in [1.165, 1.54) is 0 Å². The maximum absolute atomic E-state index is 12.2. The van der Waals surface area contributed by atoms with Gasteiger partial charge in [-0.2, -0.15) is 0 Å². The minimum absolute atomic E-state index is 0.137. The van der Waals surface area contributed by atoms with Crippen LogP contribution in [-0.2, 0) is 4.79 Å². The van der Waals surface area contributed by atoms with Crippen LogP contribution in [0.15, 0.2) is 22.7 Å². The van der Waals surface area contributed by atoms with Crippen LogP contribution in [0.4, 0.5) is 5.69 Å². The van der Waals surface area contributed by atoms with Crippen molar-refractivity contribution in [3.05, 3.63) is 28.2 Å². The highest BCUT2D eigenvalue weighted by atomic mass is 79.9. The standard InChI is InChI=1S/C15H22BrNO/c1-4-6-12(7-5-2)15(18)17-14-10-13(16)9-8-11(14)3/h8-10,12H,4-7H2,1-3H3,(H,17,18). The number of hydrogen-bond donors (Lipinski definition) is 1. The van der Waals surface area contributed by atoms with Crippen LogP contribution < -0.4 is 5.32 Å². The summed E-state index contributed by atoms with van der Waals surface area (Å²) < 4.78 is 0.992. The van der Waals surface area contributed by atoms with Crippen LogP contribution in [0.25, 0.3) is 0 Å². The zero-order valence-electron chi connectivity index (χ0n) is 11.4. The molecule has 0 bridgehead atoms. The van der Waals surface area contributed by atoms with Crippen molar-refractivity contribution in [3.63, 3.8) is 0 Å². The lowest BCUT2D eigenvalue weighted by Gasteiger charge is -2.16. The molecule has 0 aliphatic carbocycles. The summed E-state index contributed by atoms with van der Waals surface area (Å²) in [6, 6.07) is 5.96. The molecule has 0 unspecified atom stereocenters. The SMILES string of the molecule is CCCC(CCC)C(=O)Nc1cc(Br)ccc1C. The Morgan fingerprint density at radius 1 is 1.28 bits per heavy atom. The molecule has 1 amide bonds. The van der Waals surface area contributed by atoms with Crippen molar-refractivity contribution in [1.82, 2.24) is 0 Å². The molecule has 0 atom stereocenters. The van der Waals surface area contributed by atoms with E-state index in [-0.39, 0.29) is 11.8 Å². The average molecular weight is 312 g/mol. The van der Waals surface area contributed by atoms with Crippen LogP contribution in [0, 0.1) is 12.8 Å². The number of rotatable bonds is 6.